The summed E-state index contributed by atoms with van der Waals surface area (Å²) >= 11 is 7.54. The van der Waals surface area contributed by atoms with Crippen LogP contribution < -0.4 is 5.32 Å². The fourth-order valence-corrected chi connectivity index (χ4v) is 1.90. The number of aromatic nitrogens is 1. The number of halogens is 1. The van der Waals surface area contributed by atoms with Gasteiger partial charge in [0.15, 0.2) is 0 Å². The molecule has 84 valence electrons. The fourth-order valence-electron chi connectivity index (χ4n) is 1.00. The third-order valence-electron chi connectivity index (χ3n) is 1.73. The normalized spacial score (nSPS) is 10.3. The van der Waals surface area contributed by atoms with Crippen molar-refractivity contribution in [2.75, 3.05) is 30.0 Å². The molecule has 0 bridgehead atoms. The molecule has 0 unspecified atom stereocenters. The van der Waals surface area contributed by atoms with Gasteiger partial charge in [0.25, 0.3) is 0 Å². The summed E-state index contributed by atoms with van der Waals surface area (Å²) in [7, 11) is 0. The van der Waals surface area contributed by atoms with Crippen LogP contribution in [0.5, 0.6) is 0 Å². The number of hydrogen-bond donors (Lipinski definition) is 2. The Labute approximate surface area is 99.2 Å². The highest BCUT2D eigenvalue weighted by Crippen LogP contribution is 2.09. The van der Waals surface area contributed by atoms with Gasteiger partial charge in [-0.05, 0) is 24.3 Å². The van der Waals surface area contributed by atoms with Gasteiger partial charge in [-0.15, -0.1) is 0 Å². The predicted molar refractivity (Wildman–Crippen MR) is 66.8 cm³/mol. The molecule has 0 saturated carbocycles. The number of thioether (sulfide) groups is 1. The average molecular weight is 247 g/mol. The van der Waals surface area contributed by atoms with Crippen LogP contribution in [0.25, 0.3) is 0 Å². The van der Waals surface area contributed by atoms with Crippen molar-refractivity contribution in [1.82, 2.24) is 4.98 Å². The Hall–Kier alpha value is -0.450. The van der Waals surface area contributed by atoms with E-state index in [1.54, 1.807) is 6.20 Å². The van der Waals surface area contributed by atoms with E-state index in [9.17, 15) is 0 Å². The number of pyridine rings is 1. The molecular weight excluding hydrogens is 232 g/mol. The van der Waals surface area contributed by atoms with Crippen LogP contribution in [0.15, 0.2) is 18.3 Å². The lowest BCUT2D eigenvalue weighted by Crippen LogP contribution is -2.05. The molecule has 0 fully saturated rings. The molecule has 1 rings (SSSR count). The largest absolute Gasteiger partial charge is 0.396 e. The van der Waals surface area contributed by atoms with Gasteiger partial charge in [-0.1, -0.05) is 11.6 Å². The van der Waals surface area contributed by atoms with E-state index >= 15 is 0 Å². The summed E-state index contributed by atoms with van der Waals surface area (Å²) < 4.78 is 0. The maximum absolute atomic E-state index is 8.58. The van der Waals surface area contributed by atoms with Crippen LogP contribution >= 0.6 is 23.4 Å². The molecule has 0 atom stereocenters. The number of nitrogens with zero attached hydrogens (tertiary/aromatic N) is 1. The van der Waals surface area contributed by atoms with Crippen LogP contribution in [0.2, 0.25) is 5.02 Å². The highest BCUT2D eigenvalue weighted by Gasteiger charge is 1.93. The number of rotatable bonds is 7. The lowest BCUT2D eigenvalue weighted by atomic mass is 10.4. The van der Waals surface area contributed by atoms with Crippen molar-refractivity contribution in [3.8, 4) is 0 Å². The van der Waals surface area contributed by atoms with Crippen LogP contribution in [0.3, 0.4) is 0 Å². The maximum atomic E-state index is 8.58. The zero-order valence-corrected chi connectivity index (χ0v) is 10.0. The molecule has 0 aromatic carbocycles. The second-order valence-corrected chi connectivity index (χ2v) is 4.64. The smallest absolute Gasteiger partial charge is 0.126 e. The average Bonchev–Trinajstić information content (AvgIpc) is 2.26. The fraction of sp³-hybridized carbons (Fsp3) is 0.500. The molecule has 0 spiro atoms. The molecule has 0 aliphatic heterocycles. The van der Waals surface area contributed by atoms with Crippen molar-refractivity contribution in [2.45, 2.75) is 6.42 Å². The summed E-state index contributed by atoms with van der Waals surface area (Å²) in [6.45, 7) is 1.16. The molecule has 0 aliphatic carbocycles. The number of nitrogens with one attached hydrogen (secondary N) is 1. The standard InChI is InChI=1S/C10H15ClN2OS/c11-9-2-3-10(13-8-9)12-4-7-15-6-1-5-14/h2-3,8,14H,1,4-7H2,(H,12,13). The molecule has 3 nitrogen and oxygen atoms in total. The molecule has 0 amide bonds. The van der Waals surface area contributed by atoms with E-state index < -0.39 is 0 Å². The molecule has 0 saturated heterocycles. The molecule has 0 radical (unpaired) electrons. The summed E-state index contributed by atoms with van der Waals surface area (Å²) in [5.74, 6) is 2.87. The Morgan fingerprint density at radius 1 is 1.40 bits per heavy atom. The van der Waals surface area contributed by atoms with Crippen LogP contribution in [0.4, 0.5) is 5.82 Å². The molecule has 15 heavy (non-hydrogen) atoms. The van der Waals surface area contributed by atoms with Gasteiger partial charge in [0, 0.05) is 25.1 Å². The van der Waals surface area contributed by atoms with Crippen LogP contribution in [-0.2, 0) is 0 Å². The van der Waals surface area contributed by atoms with Gasteiger partial charge in [0.1, 0.15) is 5.82 Å². The van der Waals surface area contributed by atoms with E-state index in [1.807, 2.05) is 23.9 Å². The van der Waals surface area contributed by atoms with Crippen LogP contribution in [0, 0.1) is 0 Å². The highest BCUT2D eigenvalue weighted by molar-refractivity contribution is 7.99. The quantitative estimate of drug-likeness (QED) is 0.725. The Bertz CT molecular complexity index is 269. The first-order valence-electron chi connectivity index (χ1n) is 4.87. The minimum atomic E-state index is 0.277. The number of anilines is 1. The molecule has 1 heterocycles. The lowest BCUT2D eigenvalue weighted by Gasteiger charge is -2.04. The molecule has 0 aliphatic rings. The monoisotopic (exact) mass is 246 g/mol. The second kappa shape index (κ2) is 7.79. The topological polar surface area (TPSA) is 45.1 Å². The zero-order chi connectivity index (χ0) is 10.9. The van der Waals surface area contributed by atoms with Crippen molar-refractivity contribution in [2.24, 2.45) is 0 Å². The van der Waals surface area contributed by atoms with Gasteiger partial charge < -0.3 is 10.4 Å². The Morgan fingerprint density at radius 3 is 2.93 bits per heavy atom. The number of hydrogen-bond acceptors (Lipinski definition) is 4. The van der Waals surface area contributed by atoms with E-state index in [0.29, 0.717) is 5.02 Å². The van der Waals surface area contributed by atoms with Gasteiger partial charge in [-0.25, -0.2) is 4.98 Å². The van der Waals surface area contributed by atoms with Crippen LogP contribution in [0.1, 0.15) is 6.42 Å². The third-order valence-corrected chi connectivity index (χ3v) is 3.02. The predicted octanol–water partition coefficient (Wildman–Crippen LogP) is 2.26. The van der Waals surface area contributed by atoms with Crippen molar-refractivity contribution in [1.29, 1.82) is 0 Å². The lowest BCUT2D eigenvalue weighted by molar-refractivity contribution is 0.296. The summed E-state index contributed by atoms with van der Waals surface area (Å²) in [6.07, 6.45) is 2.49. The third kappa shape index (κ3) is 5.87. The van der Waals surface area contributed by atoms with Gasteiger partial charge in [-0.2, -0.15) is 11.8 Å². The number of aliphatic hydroxyl groups excluding tert-OH is 1. The SMILES string of the molecule is OCCCSCCNc1ccc(Cl)cn1. The summed E-state index contributed by atoms with van der Waals surface area (Å²) in [6, 6.07) is 3.68. The molecule has 1 aromatic heterocycles. The molecular formula is C10H15ClN2OS. The Morgan fingerprint density at radius 2 is 2.27 bits per heavy atom. The summed E-state index contributed by atoms with van der Waals surface area (Å²) in [5.41, 5.74) is 0. The first-order chi connectivity index (χ1) is 7.33. The minimum absolute atomic E-state index is 0.277. The van der Waals surface area contributed by atoms with Crippen molar-refractivity contribution < 1.29 is 5.11 Å². The first-order valence-corrected chi connectivity index (χ1v) is 6.40. The van der Waals surface area contributed by atoms with Gasteiger partial charge in [0.05, 0.1) is 5.02 Å². The summed E-state index contributed by atoms with van der Waals surface area (Å²) in [4.78, 5) is 4.12. The molecule has 2 N–H and O–H groups in total. The molecule has 1 aromatic rings. The highest BCUT2D eigenvalue weighted by atomic mass is 35.5. The summed E-state index contributed by atoms with van der Waals surface area (Å²) in [5, 5.41) is 12.4. The Balaban J connectivity index is 2.07. The van der Waals surface area contributed by atoms with Gasteiger partial charge >= 0.3 is 0 Å². The van der Waals surface area contributed by atoms with Crippen molar-refractivity contribution >= 4 is 29.2 Å². The van der Waals surface area contributed by atoms with E-state index in [2.05, 4.69) is 10.3 Å². The number of aliphatic hydroxyl groups is 1. The Kier molecular flexibility index (Phi) is 6.55. The van der Waals surface area contributed by atoms with Crippen molar-refractivity contribution in [3.05, 3.63) is 23.4 Å². The maximum Gasteiger partial charge on any atom is 0.126 e. The van der Waals surface area contributed by atoms with E-state index in [0.717, 1.165) is 30.3 Å². The van der Waals surface area contributed by atoms with Gasteiger partial charge in [0.2, 0.25) is 0 Å². The minimum Gasteiger partial charge on any atom is -0.396 e. The van der Waals surface area contributed by atoms with E-state index in [4.69, 9.17) is 16.7 Å². The van der Waals surface area contributed by atoms with Crippen molar-refractivity contribution in [3.63, 3.8) is 0 Å². The van der Waals surface area contributed by atoms with E-state index in [1.165, 1.54) is 0 Å². The second-order valence-electron chi connectivity index (χ2n) is 2.98. The van der Waals surface area contributed by atoms with Crippen LogP contribution in [-0.4, -0.2) is 34.7 Å². The zero-order valence-electron chi connectivity index (χ0n) is 8.45. The molecule has 5 heteroatoms. The van der Waals surface area contributed by atoms with Gasteiger partial charge in [-0.3, -0.25) is 0 Å². The first kappa shape index (κ1) is 12.6. The van der Waals surface area contributed by atoms with E-state index in [-0.39, 0.29) is 6.61 Å².